The number of carbonyl (C=O) groups is 2. The van der Waals surface area contributed by atoms with Gasteiger partial charge in [-0.25, -0.2) is 0 Å². The third-order valence-corrected chi connectivity index (χ3v) is 3.36. The molecule has 0 saturated carbocycles. The summed E-state index contributed by atoms with van der Waals surface area (Å²) in [5, 5.41) is 0.220. The van der Waals surface area contributed by atoms with Crippen LogP contribution in [0.25, 0.3) is 0 Å². The van der Waals surface area contributed by atoms with Crippen LogP contribution >= 0.6 is 12.2 Å². The van der Waals surface area contributed by atoms with Gasteiger partial charge in [-0.2, -0.15) is 0 Å². The first kappa shape index (κ1) is 14.6. The minimum atomic E-state index is -0.293. The third-order valence-electron chi connectivity index (χ3n) is 2.95. The first-order valence-electron chi connectivity index (χ1n) is 6.45. The number of anilines is 1. The molecule has 2 rings (SSSR count). The summed E-state index contributed by atoms with van der Waals surface area (Å²) in [4.78, 5) is 26.8. The van der Waals surface area contributed by atoms with Gasteiger partial charge in [0.25, 0.3) is 0 Å². The molecule has 0 unspecified atom stereocenters. The summed E-state index contributed by atoms with van der Waals surface area (Å²) in [6, 6.07) is 9.10. The molecule has 1 fully saturated rings. The fourth-order valence-electron chi connectivity index (χ4n) is 1.99. The van der Waals surface area contributed by atoms with Crippen LogP contribution < -0.4 is 4.90 Å². The van der Waals surface area contributed by atoms with E-state index in [4.69, 9.17) is 17.0 Å². The smallest absolute Gasteiger partial charge is 0.242 e. The van der Waals surface area contributed by atoms with Crippen molar-refractivity contribution in [2.75, 3.05) is 24.7 Å². The molecule has 1 aromatic carbocycles. The van der Waals surface area contributed by atoms with Gasteiger partial charge >= 0.3 is 0 Å². The summed E-state index contributed by atoms with van der Waals surface area (Å²) in [7, 11) is 0. The van der Waals surface area contributed by atoms with Crippen LogP contribution in [0.5, 0.6) is 0 Å². The van der Waals surface area contributed by atoms with Gasteiger partial charge in [-0.3, -0.25) is 19.4 Å². The van der Waals surface area contributed by atoms with Crippen molar-refractivity contribution in [2.45, 2.75) is 13.3 Å². The normalized spacial score (nSPS) is 15.9. The van der Waals surface area contributed by atoms with Gasteiger partial charge in [0.1, 0.15) is 6.42 Å². The predicted octanol–water partition coefficient (Wildman–Crippen LogP) is 1.57. The van der Waals surface area contributed by atoms with Crippen LogP contribution in [0, 0.1) is 0 Å². The molecule has 1 saturated heterocycles. The van der Waals surface area contributed by atoms with Crippen molar-refractivity contribution in [2.24, 2.45) is 0 Å². The summed E-state index contributed by atoms with van der Waals surface area (Å²) >= 11 is 5.29. The lowest BCUT2D eigenvalue weighted by Gasteiger charge is -2.35. The second-order valence-electron chi connectivity index (χ2n) is 4.27. The number of para-hydroxylation sites is 1. The molecule has 6 heteroatoms. The summed E-state index contributed by atoms with van der Waals surface area (Å²) in [6.45, 7) is 3.23. The third kappa shape index (κ3) is 3.02. The van der Waals surface area contributed by atoms with Gasteiger partial charge in [0.2, 0.25) is 11.8 Å². The van der Waals surface area contributed by atoms with E-state index in [1.165, 1.54) is 9.80 Å². The average Bonchev–Trinajstić information content (AvgIpc) is 2.43. The summed E-state index contributed by atoms with van der Waals surface area (Å²) < 4.78 is 5.24. The van der Waals surface area contributed by atoms with E-state index in [1.54, 1.807) is 12.1 Å². The highest BCUT2D eigenvalue weighted by Crippen LogP contribution is 2.21. The van der Waals surface area contributed by atoms with Crippen LogP contribution in [0.15, 0.2) is 30.3 Å². The number of thiocarbonyl (C=S) groups is 1. The number of rotatable bonds is 5. The van der Waals surface area contributed by atoms with Crippen LogP contribution in [0.2, 0.25) is 0 Å². The van der Waals surface area contributed by atoms with Crippen LogP contribution in [0.1, 0.15) is 13.3 Å². The van der Waals surface area contributed by atoms with Gasteiger partial charge in [0, 0.05) is 6.61 Å². The van der Waals surface area contributed by atoms with E-state index >= 15 is 0 Å². The van der Waals surface area contributed by atoms with E-state index in [0.29, 0.717) is 25.4 Å². The number of amides is 2. The molecule has 1 heterocycles. The minimum Gasteiger partial charge on any atom is -0.380 e. The lowest BCUT2D eigenvalue weighted by Crippen LogP contribution is -2.55. The van der Waals surface area contributed by atoms with Crippen LogP contribution in [-0.2, 0) is 14.3 Å². The van der Waals surface area contributed by atoms with E-state index in [-0.39, 0.29) is 23.3 Å². The molecule has 0 aliphatic carbocycles. The van der Waals surface area contributed by atoms with Gasteiger partial charge in [-0.15, -0.1) is 0 Å². The molecule has 20 heavy (non-hydrogen) atoms. The van der Waals surface area contributed by atoms with Crippen molar-refractivity contribution in [3.63, 3.8) is 0 Å². The molecule has 5 nitrogen and oxygen atoms in total. The maximum absolute atomic E-state index is 12.1. The van der Waals surface area contributed by atoms with E-state index in [9.17, 15) is 9.59 Å². The molecular formula is C14H16N2O3S. The largest absolute Gasteiger partial charge is 0.380 e. The lowest BCUT2D eigenvalue weighted by molar-refractivity contribution is -0.134. The van der Waals surface area contributed by atoms with Crippen molar-refractivity contribution in [1.29, 1.82) is 0 Å². The van der Waals surface area contributed by atoms with Crippen LogP contribution in [0.3, 0.4) is 0 Å². The van der Waals surface area contributed by atoms with E-state index < -0.39 is 0 Å². The second kappa shape index (κ2) is 6.58. The highest BCUT2D eigenvalue weighted by atomic mass is 32.1. The van der Waals surface area contributed by atoms with Gasteiger partial charge in [-0.05, 0) is 31.3 Å². The number of benzene rings is 1. The van der Waals surface area contributed by atoms with E-state index in [0.717, 1.165) is 0 Å². The minimum absolute atomic E-state index is 0.166. The molecular weight excluding hydrogens is 276 g/mol. The summed E-state index contributed by atoms with van der Waals surface area (Å²) in [5.74, 6) is -0.564. The molecule has 1 aromatic rings. The maximum Gasteiger partial charge on any atom is 0.242 e. The zero-order valence-corrected chi connectivity index (χ0v) is 12.1. The van der Waals surface area contributed by atoms with Crippen LogP contribution in [-0.4, -0.2) is 41.6 Å². The standard InChI is InChI=1S/C14H16N2O3S/c1-2-19-9-8-15-12(17)10-13(18)16(14(15)20)11-6-4-3-5-7-11/h3-7H,2,8-10H2,1H3. The van der Waals surface area contributed by atoms with Gasteiger partial charge in [-0.1, -0.05) is 18.2 Å². The number of hydrogen-bond acceptors (Lipinski definition) is 4. The Hall–Kier alpha value is -1.79. The summed E-state index contributed by atoms with van der Waals surface area (Å²) in [5.41, 5.74) is 0.677. The molecule has 0 spiro atoms. The van der Waals surface area contributed by atoms with Crippen molar-refractivity contribution in [3.8, 4) is 0 Å². The Bertz CT molecular complexity index is 518. The molecule has 2 amide bonds. The highest BCUT2D eigenvalue weighted by Gasteiger charge is 2.35. The number of ether oxygens (including phenoxy) is 1. The Balaban J connectivity index is 2.18. The first-order chi connectivity index (χ1) is 9.65. The molecule has 0 aromatic heterocycles. The molecule has 0 atom stereocenters. The lowest BCUT2D eigenvalue weighted by atomic mass is 10.2. The quantitative estimate of drug-likeness (QED) is 0.469. The van der Waals surface area contributed by atoms with Crippen molar-refractivity contribution >= 4 is 34.8 Å². The summed E-state index contributed by atoms with van der Waals surface area (Å²) in [6.07, 6.45) is -0.166. The first-order valence-corrected chi connectivity index (χ1v) is 6.86. The molecule has 0 bridgehead atoms. The molecule has 106 valence electrons. The average molecular weight is 292 g/mol. The topological polar surface area (TPSA) is 49.9 Å². The predicted molar refractivity (Wildman–Crippen MR) is 79.3 cm³/mol. The molecule has 1 aliphatic heterocycles. The SMILES string of the molecule is CCOCCN1C(=O)CC(=O)N(c2ccccc2)C1=S. The van der Waals surface area contributed by atoms with E-state index in [1.807, 2.05) is 25.1 Å². The Morgan fingerprint density at radius 2 is 1.90 bits per heavy atom. The second-order valence-corrected chi connectivity index (χ2v) is 4.63. The van der Waals surface area contributed by atoms with Crippen LogP contribution in [0.4, 0.5) is 5.69 Å². The Kier molecular flexibility index (Phi) is 4.81. The maximum atomic E-state index is 12.1. The van der Waals surface area contributed by atoms with Gasteiger partial charge < -0.3 is 4.74 Å². The van der Waals surface area contributed by atoms with Crippen molar-refractivity contribution < 1.29 is 14.3 Å². The molecule has 1 aliphatic rings. The molecule has 0 radical (unpaired) electrons. The number of hydrogen-bond donors (Lipinski definition) is 0. The fourth-order valence-corrected chi connectivity index (χ4v) is 2.39. The van der Waals surface area contributed by atoms with Crippen molar-refractivity contribution in [1.82, 2.24) is 4.90 Å². The molecule has 0 N–H and O–H groups in total. The Morgan fingerprint density at radius 1 is 1.20 bits per heavy atom. The Morgan fingerprint density at radius 3 is 2.55 bits per heavy atom. The van der Waals surface area contributed by atoms with Gasteiger partial charge in [0.05, 0.1) is 18.8 Å². The monoisotopic (exact) mass is 292 g/mol. The van der Waals surface area contributed by atoms with Gasteiger partial charge in [0.15, 0.2) is 5.11 Å². The number of nitrogens with zero attached hydrogens (tertiary/aromatic N) is 2. The Labute approximate surface area is 123 Å². The highest BCUT2D eigenvalue weighted by molar-refractivity contribution is 7.80. The van der Waals surface area contributed by atoms with E-state index in [2.05, 4.69) is 0 Å². The zero-order valence-electron chi connectivity index (χ0n) is 11.2. The fraction of sp³-hybridized carbons (Fsp3) is 0.357. The zero-order chi connectivity index (χ0) is 14.5. The van der Waals surface area contributed by atoms with Crippen molar-refractivity contribution in [3.05, 3.63) is 30.3 Å². The number of carbonyl (C=O) groups excluding carboxylic acids is 2.